The number of halogens is 3. The van der Waals surface area contributed by atoms with Crippen molar-refractivity contribution >= 4 is 11.8 Å². The summed E-state index contributed by atoms with van der Waals surface area (Å²) in [5, 5.41) is 16.1. The minimum atomic E-state index is -4.57. The minimum Gasteiger partial charge on any atom is -0.478 e. The van der Waals surface area contributed by atoms with Crippen LogP contribution in [0.25, 0.3) is 0 Å². The molecule has 3 rings (SSSR count). The third-order valence-corrected chi connectivity index (χ3v) is 7.08. The number of hydrogen-bond acceptors (Lipinski definition) is 5. The Morgan fingerprint density at radius 1 is 1.30 bits per heavy atom. The summed E-state index contributed by atoms with van der Waals surface area (Å²) in [6, 6.07) is -1.27. The van der Waals surface area contributed by atoms with Crippen molar-refractivity contribution in [1.29, 1.82) is 0 Å². The Morgan fingerprint density at radius 2 is 2.00 bits per heavy atom. The van der Waals surface area contributed by atoms with Gasteiger partial charge in [-0.3, -0.25) is 0 Å². The largest absolute Gasteiger partial charge is 0.478 e. The van der Waals surface area contributed by atoms with Crippen LogP contribution in [0.5, 0.6) is 0 Å². The number of carboxylic acids is 1. The maximum atomic E-state index is 13.8. The van der Waals surface area contributed by atoms with E-state index in [1.165, 1.54) is 30.2 Å². The molecule has 0 aromatic heterocycles. The van der Waals surface area contributed by atoms with Crippen molar-refractivity contribution in [2.24, 2.45) is 10.4 Å². The number of alkyl halides is 3. The number of aliphatic carboxylic acids is 1. The normalized spacial score (nSPS) is 21.0. The Morgan fingerprint density at radius 3 is 2.57 bits per heavy atom. The van der Waals surface area contributed by atoms with Crippen LogP contribution in [0.15, 0.2) is 76.4 Å². The average Bonchev–Trinajstić information content (AvgIpc) is 3.57. The third kappa shape index (κ3) is 7.03. The summed E-state index contributed by atoms with van der Waals surface area (Å²) >= 11 is 0. The molecule has 2 aliphatic heterocycles. The van der Waals surface area contributed by atoms with Crippen LogP contribution in [0, 0.1) is 5.41 Å². The first-order valence-corrected chi connectivity index (χ1v) is 12.8. The molecule has 2 heterocycles. The first kappa shape index (κ1) is 28.5. The summed E-state index contributed by atoms with van der Waals surface area (Å²) in [5.41, 5.74) is 0.351. The van der Waals surface area contributed by atoms with Crippen molar-refractivity contribution in [3.8, 4) is 0 Å². The summed E-state index contributed by atoms with van der Waals surface area (Å²) < 4.78 is 41.3. The number of fused-ring (bicyclic) bond motifs is 1. The molecule has 0 spiro atoms. The van der Waals surface area contributed by atoms with E-state index >= 15 is 0 Å². The van der Waals surface area contributed by atoms with Crippen molar-refractivity contribution in [3.63, 3.8) is 0 Å². The lowest BCUT2D eigenvalue weighted by molar-refractivity contribution is -0.133. The summed E-state index contributed by atoms with van der Waals surface area (Å²) in [6.07, 6.45) is 9.79. The van der Waals surface area contributed by atoms with E-state index in [-0.39, 0.29) is 5.57 Å². The highest BCUT2D eigenvalue weighted by Crippen LogP contribution is 2.52. The number of hydrogen-bond donors (Lipinski definition) is 3. The molecule has 0 aromatic rings. The fourth-order valence-corrected chi connectivity index (χ4v) is 4.83. The van der Waals surface area contributed by atoms with Crippen molar-refractivity contribution in [2.75, 3.05) is 6.54 Å². The molecule has 3 N–H and O–H groups in total. The van der Waals surface area contributed by atoms with Crippen molar-refractivity contribution in [3.05, 3.63) is 71.4 Å². The van der Waals surface area contributed by atoms with E-state index in [4.69, 9.17) is 0 Å². The van der Waals surface area contributed by atoms with Gasteiger partial charge in [-0.1, -0.05) is 38.2 Å². The lowest BCUT2D eigenvalue weighted by Gasteiger charge is -2.35. The summed E-state index contributed by atoms with van der Waals surface area (Å²) in [7, 11) is 0. The van der Waals surface area contributed by atoms with Gasteiger partial charge in [0, 0.05) is 42.2 Å². The predicted molar refractivity (Wildman–Crippen MR) is 141 cm³/mol. The van der Waals surface area contributed by atoms with Crippen LogP contribution in [-0.2, 0) is 4.79 Å². The van der Waals surface area contributed by atoms with Gasteiger partial charge in [0.2, 0.25) is 0 Å². The van der Waals surface area contributed by atoms with Gasteiger partial charge in [0.05, 0.1) is 11.1 Å². The molecular formula is C28H37F3N4O2. The molecule has 9 heteroatoms. The summed E-state index contributed by atoms with van der Waals surface area (Å²) in [5.74, 6) is -0.216. The Balaban J connectivity index is 1.85. The zero-order chi connectivity index (χ0) is 27.4. The second kappa shape index (κ2) is 11.5. The predicted octanol–water partition coefficient (Wildman–Crippen LogP) is 5.96. The lowest BCUT2D eigenvalue weighted by atomic mass is 9.96. The highest BCUT2D eigenvalue weighted by molar-refractivity contribution is 6.04. The van der Waals surface area contributed by atoms with Gasteiger partial charge in [0.15, 0.2) is 0 Å². The van der Waals surface area contributed by atoms with Gasteiger partial charge in [-0.15, -0.1) is 0 Å². The second-order valence-electron chi connectivity index (χ2n) is 10.00. The van der Waals surface area contributed by atoms with Gasteiger partial charge in [0.25, 0.3) is 0 Å². The maximum Gasteiger partial charge on any atom is 0.417 e. The Bertz CT molecular complexity index is 1090. The van der Waals surface area contributed by atoms with E-state index < -0.39 is 29.8 Å². The van der Waals surface area contributed by atoms with Gasteiger partial charge in [-0.05, 0) is 57.9 Å². The van der Waals surface area contributed by atoms with E-state index in [1.807, 2.05) is 0 Å². The van der Waals surface area contributed by atoms with Crippen LogP contribution in [0.2, 0.25) is 0 Å². The molecule has 3 aliphatic rings. The fourth-order valence-electron chi connectivity index (χ4n) is 4.83. The minimum absolute atomic E-state index is 0.100. The van der Waals surface area contributed by atoms with Crippen molar-refractivity contribution in [1.82, 2.24) is 15.5 Å². The Kier molecular flexibility index (Phi) is 8.89. The van der Waals surface area contributed by atoms with Gasteiger partial charge in [-0.25, -0.2) is 9.79 Å². The molecule has 1 saturated carbocycles. The van der Waals surface area contributed by atoms with E-state index in [0.29, 0.717) is 28.3 Å². The van der Waals surface area contributed by atoms with Gasteiger partial charge < -0.3 is 20.6 Å². The molecule has 0 amide bonds. The highest BCUT2D eigenvalue weighted by Gasteiger charge is 2.41. The number of aliphatic imine (C=N–C) groups is 1. The van der Waals surface area contributed by atoms with E-state index in [0.717, 1.165) is 31.7 Å². The second-order valence-corrected chi connectivity index (χ2v) is 10.00. The molecule has 37 heavy (non-hydrogen) atoms. The van der Waals surface area contributed by atoms with E-state index in [2.05, 4.69) is 29.1 Å². The zero-order valence-corrected chi connectivity index (χ0v) is 22.0. The standard InChI is InChI=1S/C28H37F3N4O2/c1-6-8-9-22(26(36)37)19(4)33-20(5)23-16-21(28(29,30)31)17-35-18(3)15-24(34-25(23)35)32-14-13-27(10-7-2)11-12-27/h6,8-9,15-17,19-20,32-33H,3,7,10-14H2,1-2,4-5H3,(H,36,37)/b8-6-,22-9+. The monoisotopic (exact) mass is 518 g/mol. The van der Waals surface area contributed by atoms with Crippen LogP contribution in [0.3, 0.4) is 0 Å². The van der Waals surface area contributed by atoms with Crippen LogP contribution in [0.1, 0.15) is 59.8 Å². The molecule has 2 atom stereocenters. The third-order valence-electron chi connectivity index (χ3n) is 7.08. The first-order valence-electron chi connectivity index (χ1n) is 12.8. The molecule has 2 unspecified atom stereocenters. The molecule has 0 bridgehead atoms. The number of amidine groups is 1. The SMILES string of the molecule is C=C1C=C(NCCC2(CCC)CC2)N=C2C(C(C)NC(C)/C(=C\C=C/C)C(=O)O)=CC(C(F)(F)F)=CN12. The topological polar surface area (TPSA) is 77.0 Å². The number of nitrogens with zero attached hydrogens (tertiary/aromatic N) is 2. The summed E-state index contributed by atoms with van der Waals surface area (Å²) in [4.78, 5) is 17.8. The highest BCUT2D eigenvalue weighted by atomic mass is 19.4. The van der Waals surface area contributed by atoms with E-state index in [1.54, 1.807) is 39.0 Å². The molecule has 6 nitrogen and oxygen atoms in total. The van der Waals surface area contributed by atoms with Crippen LogP contribution >= 0.6 is 0 Å². The van der Waals surface area contributed by atoms with Gasteiger partial charge in [-0.2, -0.15) is 13.2 Å². The van der Waals surface area contributed by atoms with Crippen molar-refractivity contribution in [2.45, 2.75) is 78.1 Å². The lowest BCUT2D eigenvalue weighted by Crippen LogP contribution is -2.45. The van der Waals surface area contributed by atoms with Crippen molar-refractivity contribution < 1.29 is 23.1 Å². The van der Waals surface area contributed by atoms with Crippen LogP contribution in [-0.4, -0.2) is 46.6 Å². The Labute approximate surface area is 217 Å². The fraction of sp³-hybridized carbons (Fsp3) is 0.500. The van der Waals surface area contributed by atoms with E-state index in [9.17, 15) is 23.1 Å². The Hall–Kier alpha value is -3.07. The number of carbonyl (C=O) groups is 1. The number of allylic oxidation sites excluding steroid dienone is 6. The molecule has 0 aromatic carbocycles. The molecule has 0 radical (unpaired) electrons. The number of carboxylic acid groups (broad SMARTS) is 1. The average molecular weight is 519 g/mol. The molecule has 1 fully saturated rings. The van der Waals surface area contributed by atoms with Crippen LogP contribution < -0.4 is 10.6 Å². The molecule has 202 valence electrons. The molecular weight excluding hydrogens is 481 g/mol. The van der Waals surface area contributed by atoms with Gasteiger partial charge >= 0.3 is 12.1 Å². The number of nitrogens with one attached hydrogen (secondary N) is 2. The smallest absolute Gasteiger partial charge is 0.417 e. The van der Waals surface area contributed by atoms with Crippen LogP contribution in [0.4, 0.5) is 13.2 Å². The maximum absolute atomic E-state index is 13.8. The number of rotatable bonds is 12. The first-order chi connectivity index (χ1) is 17.4. The molecule has 1 aliphatic carbocycles. The summed E-state index contributed by atoms with van der Waals surface area (Å²) in [6.45, 7) is 12.0. The zero-order valence-electron chi connectivity index (χ0n) is 22.0. The quantitative estimate of drug-likeness (QED) is 0.220. The van der Waals surface area contributed by atoms with Gasteiger partial charge in [0.1, 0.15) is 11.7 Å². The molecule has 0 saturated heterocycles.